The molecule has 6 heteroatoms. The number of aromatic amines is 1. The Morgan fingerprint density at radius 1 is 1.50 bits per heavy atom. The molecule has 0 aliphatic carbocycles. The Morgan fingerprint density at radius 3 is 3.06 bits per heavy atom. The Kier molecular flexibility index (Phi) is 2.69. The van der Waals surface area contributed by atoms with Gasteiger partial charge in [0.2, 0.25) is 0 Å². The third-order valence-corrected chi connectivity index (χ3v) is 2.01. The number of rotatable bonds is 3. The first-order chi connectivity index (χ1) is 7.79. The second-order valence-corrected chi connectivity index (χ2v) is 3.13. The smallest absolute Gasteiger partial charge is 0.185 e. The normalized spacial score (nSPS) is 9.50. The van der Waals surface area contributed by atoms with Crippen molar-refractivity contribution in [3.8, 4) is 6.19 Å². The predicted molar refractivity (Wildman–Crippen MR) is 60.1 cm³/mol. The van der Waals surface area contributed by atoms with Gasteiger partial charge in [-0.3, -0.25) is 4.90 Å². The van der Waals surface area contributed by atoms with Crippen molar-refractivity contribution in [2.24, 2.45) is 0 Å². The second-order valence-electron chi connectivity index (χ2n) is 3.13. The topological polar surface area (TPSA) is 80.6 Å². The maximum atomic E-state index is 8.72. The molecule has 0 amide bonds. The molecule has 2 heterocycles. The number of aromatic nitrogens is 3. The zero-order chi connectivity index (χ0) is 11.4. The maximum Gasteiger partial charge on any atom is 0.185 e. The molecule has 0 fully saturated rings. The van der Waals surface area contributed by atoms with Crippen molar-refractivity contribution in [3.05, 3.63) is 30.7 Å². The molecule has 0 radical (unpaired) electrons. The van der Waals surface area contributed by atoms with Gasteiger partial charge in [-0.05, 0) is 12.1 Å². The molecular formula is C10H10N6. The van der Waals surface area contributed by atoms with Crippen LogP contribution in [0.3, 0.4) is 0 Å². The van der Waals surface area contributed by atoms with E-state index in [-0.39, 0.29) is 0 Å². The van der Waals surface area contributed by atoms with Gasteiger partial charge in [0.25, 0.3) is 0 Å². The third-order valence-electron chi connectivity index (χ3n) is 2.01. The van der Waals surface area contributed by atoms with Crippen LogP contribution in [0.15, 0.2) is 30.7 Å². The van der Waals surface area contributed by atoms with Crippen molar-refractivity contribution >= 4 is 17.5 Å². The number of H-pyrrole nitrogens is 1. The predicted octanol–water partition coefficient (Wildman–Crippen LogP) is 1.47. The second kappa shape index (κ2) is 4.31. The fourth-order valence-electron chi connectivity index (χ4n) is 1.20. The summed E-state index contributed by atoms with van der Waals surface area (Å²) in [5, 5.41) is 11.8. The number of anilines is 3. The number of nitrogens with one attached hydrogen (secondary N) is 2. The van der Waals surface area contributed by atoms with E-state index in [1.54, 1.807) is 13.1 Å². The molecule has 0 bridgehead atoms. The van der Waals surface area contributed by atoms with Crippen LogP contribution in [0, 0.1) is 11.5 Å². The lowest BCUT2D eigenvalue weighted by Crippen LogP contribution is -2.10. The average Bonchev–Trinajstić information content (AvgIpc) is 2.81. The molecule has 0 aliphatic rings. The van der Waals surface area contributed by atoms with Gasteiger partial charge in [-0.2, -0.15) is 5.26 Å². The molecule has 2 rings (SSSR count). The quantitative estimate of drug-likeness (QED) is 0.597. The molecule has 0 aliphatic heterocycles. The highest BCUT2D eigenvalue weighted by molar-refractivity contribution is 5.57. The zero-order valence-corrected chi connectivity index (χ0v) is 8.68. The first kappa shape index (κ1) is 9.98. The molecule has 6 nitrogen and oxygen atoms in total. The van der Waals surface area contributed by atoms with Crippen molar-refractivity contribution in [2.45, 2.75) is 0 Å². The van der Waals surface area contributed by atoms with Gasteiger partial charge in [0.15, 0.2) is 6.19 Å². The van der Waals surface area contributed by atoms with Gasteiger partial charge in [0, 0.05) is 19.3 Å². The highest BCUT2D eigenvalue weighted by Crippen LogP contribution is 2.15. The summed E-state index contributed by atoms with van der Waals surface area (Å²) in [6.45, 7) is 0. The molecule has 0 spiro atoms. The summed E-state index contributed by atoms with van der Waals surface area (Å²) in [6.07, 6.45) is 5.20. The summed E-state index contributed by atoms with van der Waals surface area (Å²) in [5.41, 5.74) is 0. The zero-order valence-electron chi connectivity index (χ0n) is 8.68. The highest BCUT2D eigenvalue weighted by Gasteiger charge is 2.03. The summed E-state index contributed by atoms with van der Waals surface area (Å²) in [4.78, 5) is 12.4. The molecule has 0 aromatic carbocycles. The van der Waals surface area contributed by atoms with Crippen LogP contribution in [-0.2, 0) is 0 Å². The Bertz CT molecular complexity index is 498. The van der Waals surface area contributed by atoms with Gasteiger partial charge >= 0.3 is 0 Å². The van der Waals surface area contributed by atoms with E-state index in [9.17, 15) is 0 Å². The van der Waals surface area contributed by atoms with Crippen LogP contribution in [-0.4, -0.2) is 22.0 Å². The van der Waals surface area contributed by atoms with Crippen LogP contribution in [0.1, 0.15) is 0 Å². The summed E-state index contributed by atoms with van der Waals surface area (Å²) >= 11 is 0. The van der Waals surface area contributed by atoms with Crippen LogP contribution in [0.2, 0.25) is 0 Å². The number of hydrogen-bond acceptors (Lipinski definition) is 5. The van der Waals surface area contributed by atoms with E-state index in [1.807, 2.05) is 24.5 Å². The van der Waals surface area contributed by atoms with Gasteiger partial charge in [-0.1, -0.05) is 0 Å². The van der Waals surface area contributed by atoms with Gasteiger partial charge < -0.3 is 10.3 Å². The van der Waals surface area contributed by atoms with E-state index in [0.717, 1.165) is 5.82 Å². The summed E-state index contributed by atoms with van der Waals surface area (Å²) in [6, 6.07) is 5.46. The molecule has 0 unspecified atom stereocenters. The van der Waals surface area contributed by atoms with Crippen molar-refractivity contribution in [2.75, 3.05) is 17.3 Å². The van der Waals surface area contributed by atoms with Gasteiger partial charge in [0.05, 0.1) is 0 Å². The van der Waals surface area contributed by atoms with Crippen LogP contribution in [0.4, 0.5) is 17.5 Å². The van der Waals surface area contributed by atoms with Crippen LogP contribution in [0.25, 0.3) is 0 Å². The van der Waals surface area contributed by atoms with Crippen LogP contribution < -0.4 is 10.2 Å². The van der Waals surface area contributed by atoms with E-state index in [1.165, 1.54) is 11.2 Å². The van der Waals surface area contributed by atoms with Gasteiger partial charge in [0.1, 0.15) is 23.8 Å². The minimum Gasteiger partial charge on any atom is -0.348 e. The summed E-state index contributed by atoms with van der Waals surface area (Å²) < 4.78 is 0. The Balaban J connectivity index is 2.20. The standard InChI is InChI=1S/C10H10N6/c1-16(6-11)10-5-9(13-7-14-10)15-8-3-2-4-12-8/h2-5,7,12H,1H3,(H,13,14,15). The summed E-state index contributed by atoms with van der Waals surface area (Å²) in [5.74, 6) is 2.02. The average molecular weight is 214 g/mol. The fraction of sp³-hybridized carbons (Fsp3) is 0.100. The minimum atomic E-state index is 0.548. The number of nitriles is 1. The van der Waals surface area contributed by atoms with Crippen LogP contribution in [0.5, 0.6) is 0 Å². The fourth-order valence-corrected chi connectivity index (χ4v) is 1.20. The first-order valence-electron chi connectivity index (χ1n) is 4.65. The maximum absolute atomic E-state index is 8.72. The SMILES string of the molecule is CN(C#N)c1cc(Nc2ccc[nH]2)ncn1. The molecule has 0 atom stereocenters. The molecular weight excluding hydrogens is 204 g/mol. The van der Waals surface area contributed by atoms with E-state index in [2.05, 4.69) is 20.3 Å². The lowest BCUT2D eigenvalue weighted by Gasteiger charge is -2.08. The van der Waals surface area contributed by atoms with Gasteiger partial charge in [-0.15, -0.1) is 0 Å². The van der Waals surface area contributed by atoms with Crippen molar-refractivity contribution in [3.63, 3.8) is 0 Å². The summed E-state index contributed by atoms with van der Waals surface area (Å²) in [7, 11) is 1.64. The van der Waals surface area contributed by atoms with Crippen molar-refractivity contribution < 1.29 is 0 Å². The third kappa shape index (κ3) is 2.09. The van der Waals surface area contributed by atoms with Crippen molar-refractivity contribution in [1.82, 2.24) is 15.0 Å². The van der Waals surface area contributed by atoms with E-state index in [4.69, 9.17) is 5.26 Å². The van der Waals surface area contributed by atoms with E-state index in [0.29, 0.717) is 11.6 Å². The molecule has 80 valence electrons. The monoisotopic (exact) mass is 214 g/mol. The van der Waals surface area contributed by atoms with E-state index >= 15 is 0 Å². The molecule has 2 N–H and O–H groups in total. The largest absolute Gasteiger partial charge is 0.348 e. The van der Waals surface area contributed by atoms with Crippen molar-refractivity contribution in [1.29, 1.82) is 5.26 Å². The number of hydrogen-bond donors (Lipinski definition) is 2. The molecule has 0 saturated carbocycles. The Morgan fingerprint density at radius 2 is 2.38 bits per heavy atom. The van der Waals surface area contributed by atoms with Gasteiger partial charge in [-0.25, -0.2) is 9.97 Å². The van der Waals surface area contributed by atoms with E-state index < -0.39 is 0 Å². The molecule has 2 aromatic heterocycles. The number of nitrogens with zero attached hydrogens (tertiary/aromatic N) is 4. The van der Waals surface area contributed by atoms with Crippen LogP contribution >= 0.6 is 0 Å². The Hall–Kier alpha value is -2.55. The minimum absolute atomic E-state index is 0.548. The molecule has 0 saturated heterocycles. The highest BCUT2D eigenvalue weighted by atomic mass is 15.2. The first-order valence-corrected chi connectivity index (χ1v) is 4.65. The lowest BCUT2D eigenvalue weighted by molar-refractivity contribution is 1.08. The molecule has 2 aromatic rings. The Labute approximate surface area is 92.6 Å². The lowest BCUT2D eigenvalue weighted by atomic mass is 10.5. The molecule has 16 heavy (non-hydrogen) atoms.